The van der Waals surface area contributed by atoms with Crippen molar-refractivity contribution in [2.45, 2.75) is 426 Å². The number of aliphatic hydroxyl groups is 1. The van der Waals surface area contributed by atoms with Crippen LogP contribution in [0.4, 0.5) is 0 Å². The molecule has 0 aromatic carbocycles. The van der Waals surface area contributed by atoms with E-state index in [9.17, 15) is 43.2 Å². The van der Waals surface area contributed by atoms with Crippen molar-refractivity contribution >= 4 is 39.5 Å². The Bertz CT molecular complexity index is 1870. The Morgan fingerprint density at radius 1 is 0.299 bits per heavy atom. The van der Waals surface area contributed by atoms with Gasteiger partial charge in [0, 0.05) is 25.7 Å². The van der Waals surface area contributed by atoms with Crippen LogP contribution in [0, 0.1) is 11.8 Å². The van der Waals surface area contributed by atoms with Crippen molar-refractivity contribution in [2.24, 2.45) is 11.8 Å². The molecule has 0 radical (unpaired) electrons. The molecule has 0 heterocycles. The largest absolute Gasteiger partial charge is 0.472 e. The zero-order valence-electron chi connectivity index (χ0n) is 63.4. The van der Waals surface area contributed by atoms with Gasteiger partial charge in [-0.25, -0.2) is 9.13 Å². The number of hydrogen-bond acceptors (Lipinski definition) is 15. The predicted molar refractivity (Wildman–Crippen MR) is 395 cm³/mol. The van der Waals surface area contributed by atoms with Crippen LogP contribution in [0.2, 0.25) is 0 Å². The standard InChI is InChI=1S/C78H152O17P2/c1-7-10-12-14-16-18-20-22-23-24-25-26-27-28-30-38-44-50-56-62-77(82)94-73(66-89-76(81)61-55-49-43-37-32-31-35-41-47-53-59-71(6)9-3)68-92-96(84,85)90-64-72(79)65-91-97(86,87)93-69-74(95-78(83)63-57-51-45-39-33-34-40-46-52-58-70(4)5)67-88-75(80)60-54-48-42-36-29-21-19-17-15-13-11-8-2/h70-74,79H,7-69H2,1-6H3,(H,84,85)(H,86,87)/t71?,72-,73-,74-/m1/s1. The van der Waals surface area contributed by atoms with E-state index in [4.69, 9.17) is 37.0 Å². The van der Waals surface area contributed by atoms with E-state index in [1.165, 1.54) is 225 Å². The van der Waals surface area contributed by atoms with Crippen LogP contribution in [-0.4, -0.2) is 96.7 Å². The lowest BCUT2D eigenvalue weighted by Crippen LogP contribution is -2.30. The van der Waals surface area contributed by atoms with Gasteiger partial charge in [0.05, 0.1) is 26.4 Å². The summed E-state index contributed by atoms with van der Waals surface area (Å²) in [6, 6.07) is 0. The highest BCUT2D eigenvalue weighted by atomic mass is 31.2. The Balaban J connectivity index is 5.25. The number of phosphoric ester groups is 2. The van der Waals surface area contributed by atoms with Crippen LogP contribution in [0.5, 0.6) is 0 Å². The molecule has 0 amide bonds. The molecule has 6 atom stereocenters. The van der Waals surface area contributed by atoms with Gasteiger partial charge in [0.25, 0.3) is 0 Å². The molecule has 0 bridgehead atoms. The summed E-state index contributed by atoms with van der Waals surface area (Å²) in [4.78, 5) is 72.9. The third kappa shape index (κ3) is 70.9. The van der Waals surface area contributed by atoms with Crippen molar-refractivity contribution < 1.29 is 80.2 Å². The summed E-state index contributed by atoms with van der Waals surface area (Å²) in [6.07, 6.45) is 58.2. The maximum atomic E-state index is 13.1. The van der Waals surface area contributed by atoms with Gasteiger partial charge < -0.3 is 33.8 Å². The van der Waals surface area contributed by atoms with Gasteiger partial charge in [-0.1, -0.05) is 356 Å². The van der Waals surface area contributed by atoms with Gasteiger partial charge in [-0.3, -0.25) is 37.3 Å². The lowest BCUT2D eigenvalue weighted by Gasteiger charge is -2.21. The van der Waals surface area contributed by atoms with E-state index in [0.29, 0.717) is 25.7 Å². The van der Waals surface area contributed by atoms with Crippen LogP contribution >= 0.6 is 15.6 Å². The molecule has 576 valence electrons. The molecule has 0 saturated heterocycles. The van der Waals surface area contributed by atoms with Crippen LogP contribution in [0.1, 0.15) is 408 Å². The Morgan fingerprint density at radius 3 is 0.784 bits per heavy atom. The molecule has 0 rings (SSSR count). The Labute approximate surface area is 594 Å². The smallest absolute Gasteiger partial charge is 0.462 e. The number of aliphatic hydroxyl groups excluding tert-OH is 1. The van der Waals surface area contributed by atoms with Gasteiger partial charge >= 0.3 is 39.5 Å². The van der Waals surface area contributed by atoms with Crippen molar-refractivity contribution in [3.05, 3.63) is 0 Å². The van der Waals surface area contributed by atoms with Crippen LogP contribution in [-0.2, 0) is 65.4 Å². The maximum absolute atomic E-state index is 13.1. The van der Waals surface area contributed by atoms with Crippen LogP contribution < -0.4 is 0 Å². The van der Waals surface area contributed by atoms with Crippen molar-refractivity contribution in [2.75, 3.05) is 39.6 Å². The van der Waals surface area contributed by atoms with Gasteiger partial charge in [-0.2, -0.15) is 0 Å². The highest BCUT2D eigenvalue weighted by molar-refractivity contribution is 7.47. The van der Waals surface area contributed by atoms with Crippen molar-refractivity contribution in [3.8, 4) is 0 Å². The lowest BCUT2D eigenvalue weighted by atomic mass is 9.99. The summed E-state index contributed by atoms with van der Waals surface area (Å²) in [5.41, 5.74) is 0. The Hall–Kier alpha value is -1.94. The first-order valence-electron chi connectivity index (χ1n) is 40.5. The minimum atomic E-state index is -4.96. The molecule has 0 aromatic rings. The second kappa shape index (κ2) is 69.8. The zero-order chi connectivity index (χ0) is 71.4. The third-order valence-corrected chi connectivity index (χ3v) is 20.5. The summed E-state index contributed by atoms with van der Waals surface area (Å²) in [7, 11) is -9.91. The molecule has 0 spiro atoms. The van der Waals surface area contributed by atoms with E-state index < -0.39 is 97.5 Å². The fraction of sp³-hybridized carbons (Fsp3) is 0.949. The molecule has 3 unspecified atom stereocenters. The van der Waals surface area contributed by atoms with E-state index in [1.54, 1.807) is 0 Å². The number of phosphoric acid groups is 2. The molecule has 0 aromatic heterocycles. The number of carbonyl (C=O) groups is 4. The van der Waals surface area contributed by atoms with Gasteiger partial charge in [-0.05, 0) is 37.5 Å². The van der Waals surface area contributed by atoms with E-state index in [1.807, 2.05) is 0 Å². The van der Waals surface area contributed by atoms with Crippen LogP contribution in [0.3, 0.4) is 0 Å². The first kappa shape index (κ1) is 95.1. The van der Waals surface area contributed by atoms with E-state index in [-0.39, 0.29) is 25.7 Å². The quantitative estimate of drug-likeness (QED) is 0.0222. The average molecular weight is 1420 g/mol. The molecule has 0 fully saturated rings. The minimum Gasteiger partial charge on any atom is -0.462 e. The predicted octanol–water partition coefficient (Wildman–Crippen LogP) is 23.1. The molecular weight excluding hydrogens is 1270 g/mol. The fourth-order valence-electron chi connectivity index (χ4n) is 12.0. The molecule has 17 nitrogen and oxygen atoms in total. The molecule has 97 heavy (non-hydrogen) atoms. The summed E-state index contributed by atoms with van der Waals surface area (Å²) in [5, 5.41) is 10.6. The first-order chi connectivity index (χ1) is 46.9. The lowest BCUT2D eigenvalue weighted by molar-refractivity contribution is -0.161. The van der Waals surface area contributed by atoms with Gasteiger partial charge in [0.2, 0.25) is 0 Å². The van der Waals surface area contributed by atoms with E-state index >= 15 is 0 Å². The second-order valence-electron chi connectivity index (χ2n) is 28.8. The molecule has 19 heteroatoms. The normalized spacial score (nSPS) is 14.2. The first-order valence-corrected chi connectivity index (χ1v) is 43.5. The molecular formula is C78H152O17P2. The molecule has 0 aliphatic heterocycles. The van der Waals surface area contributed by atoms with Crippen molar-refractivity contribution in [1.29, 1.82) is 0 Å². The minimum absolute atomic E-state index is 0.106. The maximum Gasteiger partial charge on any atom is 0.472 e. The number of carbonyl (C=O) groups excluding carboxylic acids is 4. The topological polar surface area (TPSA) is 237 Å². The summed E-state index contributed by atoms with van der Waals surface area (Å²) >= 11 is 0. The fourth-order valence-corrected chi connectivity index (χ4v) is 13.6. The van der Waals surface area contributed by atoms with Crippen molar-refractivity contribution in [1.82, 2.24) is 0 Å². The van der Waals surface area contributed by atoms with Crippen LogP contribution in [0.15, 0.2) is 0 Å². The SMILES string of the molecule is CCCCCCCCCCCCCCCCCCCCCC(=O)O[C@H](COC(=O)CCCCCCCCCCCCC(C)CC)COP(=O)(O)OC[C@@H](O)COP(=O)(O)OC[C@@H](COC(=O)CCCCCCCCCCCCCC)OC(=O)CCCCCCCCCCCC(C)C. The summed E-state index contributed by atoms with van der Waals surface area (Å²) < 4.78 is 68.6. The summed E-state index contributed by atoms with van der Waals surface area (Å²) in [5.74, 6) is -0.566. The number of ether oxygens (including phenoxy) is 4. The van der Waals surface area contributed by atoms with Crippen LogP contribution in [0.25, 0.3) is 0 Å². The monoisotopic (exact) mass is 1420 g/mol. The van der Waals surface area contributed by atoms with Gasteiger partial charge in [-0.15, -0.1) is 0 Å². The van der Waals surface area contributed by atoms with E-state index in [2.05, 4.69) is 41.5 Å². The number of unbranched alkanes of at least 4 members (excludes halogenated alkanes) is 46. The third-order valence-electron chi connectivity index (χ3n) is 18.6. The Morgan fingerprint density at radius 2 is 0.526 bits per heavy atom. The Kier molecular flexibility index (Phi) is 68.4. The molecule has 0 saturated carbocycles. The van der Waals surface area contributed by atoms with Gasteiger partial charge in [0.15, 0.2) is 12.2 Å². The van der Waals surface area contributed by atoms with Gasteiger partial charge in [0.1, 0.15) is 19.3 Å². The summed E-state index contributed by atoms with van der Waals surface area (Å²) in [6.45, 7) is 9.62. The second-order valence-corrected chi connectivity index (χ2v) is 31.7. The highest BCUT2D eigenvalue weighted by Gasteiger charge is 2.30. The molecule has 3 N–H and O–H groups in total. The molecule has 0 aliphatic rings. The average Bonchev–Trinajstić information content (AvgIpc) is 1.92. The number of rotatable bonds is 77. The number of hydrogen-bond donors (Lipinski definition) is 3. The zero-order valence-corrected chi connectivity index (χ0v) is 65.2. The van der Waals surface area contributed by atoms with E-state index in [0.717, 1.165) is 102 Å². The molecule has 0 aliphatic carbocycles. The van der Waals surface area contributed by atoms with Crippen molar-refractivity contribution in [3.63, 3.8) is 0 Å². The highest BCUT2D eigenvalue weighted by Crippen LogP contribution is 2.45. The number of esters is 4.